The first-order valence-electron chi connectivity index (χ1n) is 7.31. The van der Waals surface area contributed by atoms with Crippen LogP contribution in [0.15, 0.2) is 18.3 Å². The minimum Gasteiger partial charge on any atom is -0.373 e. The second kappa shape index (κ2) is 5.16. The van der Waals surface area contributed by atoms with Gasteiger partial charge in [-0.3, -0.25) is 0 Å². The van der Waals surface area contributed by atoms with E-state index in [1.807, 2.05) is 19.2 Å². The van der Waals surface area contributed by atoms with Crippen LogP contribution < -0.4 is 0 Å². The molecule has 4 heteroatoms. The Morgan fingerprint density at radius 3 is 2.70 bits per heavy atom. The molecule has 2 heterocycles. The van der Waals surface area contributed by atoms with Crippen LogP contribution in [0.5, 0.6) is 0 Å². The van der Waals surface area contributed by atoms with Crippen LogP contribution in [-0.2, 0) is 10.3 Å². The van der Waals surface area contributed by atoms with Gasteiger partial charge in [0.2, 0.25) is 0 Å². The van der Waals surface area contributed by atoms with Crippen molar-refractivity contribution in [2.24, 2.45) is 11.8 Å². The summed E-state index contributed by atoms with van der Waals surface area (Å²) in [6.07, 6.45) is 5.41. The van der Waals surface area contributed by atoms with Gasteiger partial charge in [0.25, 0.3) is 0 Å². The summed E-state index contributed by atoms with van der Waals surface area (Å²) in [5.74, 6) is 0.998. The van der Waals surface area contributed by atoms with E-state index in [9.17, 15) is 0 Å². The number of aromatic nitrogens is 1. The third-order valence-electron chi connectivity index (χ3n) is 5.05. The summed E-state index contributed by atoms with van der Waals surface area (Å²) in [7, 11) is 4.02. The zero-order chi connectivity index (χ0) is 14.2. The molecule has 2 fully saturated rings. The quantitative estimate of drug-likeness (QED) is 0.827. The minimum atomic E-state index is -0.237. The second-order valence-corrected chi connectivity index (χ2v) is 6.08. The standard InChI is InChI=1S/C16H21N3O/c1-19-10-13-4-3-5-14(11-19)16(13,20-2)12-6-7-18-15(8-12)9-17/h6-8,13-14H,3-5,10-11H2,1-2H3/t13-,14+,16-. The fraction of sp³-hybridized carbons (Fsp3) is 0.625. The molecular formula is C16H21N3O. The summed E-state index contributed by atoms with van der Waals surface area (Å²) in [6, 6.07) is 6.09. The number of nitrogens with zero attached hydrogens (tertiary/aromatic N) is 3. The summed E-state index contributed by atoms with van der Waals surface area (Å²) < 4.78 is 6.12. The highest BCUT2D eigenvalue weighted by Gasteiger charge is 2.52. The van der Waals surface area contributed by atoms with Gasteiger partial charge in [0.1, 0.15) is 17.4 Å². The molecule has 0 radical (unpaired) electrons. The van der Waals surface area contributed by atoms with Crippen molar-refractivity contribution in [2.75, 3.05) is 27.2 Å². The molecule has 0 amide bonds. The van der Waals surface area contributed by atoms with Crippen molar-refractivity contribution < 1.29 is 4.74 Å². The monoisotopic (exact) mass is 271 g/mol. The molecule has 106 valence electrons. The molecule has 0 aromatic carbocycles. The predicted molar refractivity (Wildman–Crippen MR) is 76.0 cm³/mol. The summed E-state index contributed by atoms with van der Waals surface area (Å²) in [5.41, 5.74) is 1.38. The van der Waals surface area contributed by atoms with E-state index in [0.717, 1.165) is 18.7 Å². The van der Waals surface area contributed by atoms with Gasteiger partial charge in [-0.15, -0.1) is 0 Å². The number of hydrogen-bond donors (Lipinski definition) is 0. The average Bonchev–Trinajstić information content (AvgIpc) is 2.46. The topological polar surface area (TPSA) is 49.1 Å². The van der Waals surface area contributed by atoms with E-state index in [-0.39, 0.29) is 5.60 Å². The van der Waals surface area contributed by atoms with Crippen LogP contribution in [0.2, 0.25) is 0 Å². The molecule has 2 bridgehead atoms. The van der Waals surface area contributed by atoms with Crippen molar-refractivity contribution in [3.05, 3.63) is 29.6 Å². The Labute approximate surface area is 120 Å². The average molecular weight is 271 g/mol. The highest BCUT2D eigenvalue weighted by molar-refractivity contribution is 5.32. The molecule has 1 aromatic heterocycles. The van der Waals surface area contributed by atoms with Gasteiger partial charge in [0, 0.05) is 38.2 Å². The summed E-state index contributed by atoms with van der Waals surface area (Å²) >= 11 is 0. The van der Waals surface area contributed by atoms with Crippen LogP contribution >= 0.6 is 0 Å². The van der Waals surface area contributed by atoms with Gasteiger partial charge in [0.05, 0.1) is 0 Å². The largest absolute Gasteiger partial charge is 0.373 e. The Bertz CT molecular complexity index is 523. The smallest absolute Gasteiger partial charge is 0.140 e. The number of piperidine rings is 1. The lowest BCUT2D eigenvalue weighted by molar-refractivity contribution is -0.165. The highest BCUT2D eigenvalue weighted by Crippen LogP contribution is 2.51. The first-order chi connectivity index (χ1) is 9.70. The van der Waals surface area contributed by atoms with E-state index in [2.05, 4.69) is 23.0 Å². The van der Waals surface area contributed by atoms with Crippen molar-refractivity contribution in [3.8, 4) is 6.07 Å². The second-order valence-electron chi connectivity index (χ2n) is 6.08. The minimum absolute atomic E-state index is 0.237. The van der Waals surface area contributed by atoms with Crippen LogP contribution in [0, 0.1) is 23.2 Å². The fourth-order valence-electron chi connectivity index (χ4n) is 4.31. The molecule has 3 rings (SSSR count). The lowest BCUT2D eigenvalue weighted by atomic mass is 9.62. The Kier molecular flexibility index (Phi) is 3.49. The molecule has 0 N–H and O–H groups in total. The molecule has 0 spiro atoms. The number of fused-ring (bicyclic) bond motifs is 2. The van der Waals surface area contributed by atoms with Gasteiger partial charge in [-0.25, -0.2) is 4.98 Å². The first kappa shape index (κ1) is 13.5. The summed E-state index contributed by atoms with van der Waals surface area (Å²) in [5, 5.41) is 9.10. The van der Waals surface area contributed by atoms with E-state index in [4.69, 9.17) is 10.00 Å². The number of methoxy groups -OCH3 is 1. The summed E-state index contributed by atoms with van der Waals surface area (Å²) in [6.45, 7) is 2.13. The van der Waals surface area contributed by atoms with Crippen molar-refractivity contribution >= 4 is 0 Å². The van der Waals surface area contributed by atoms with Gasteiger partial charge in [-0.1, -0.05) is 6.42 Å². The molecular weight excluding hydrogens is 250 g/mol. The number of pyridine rings is 1. The van der Waals surface area contributed by atoms with Gasteiger partial charge < -0.3 is 9.64 Å². The number of rotatable bonds is 2. The van der Waals surface area contributed by atoms with Crippen molar-refractivity contribution in [1.29, 1.82) is 5.26 Å². The van der Waals surface area contributed by atoms with E-state index < -0.39 is 0 Å². The number of nitriles is 1. The van der Waals surface area contributed by atoms with Crippen molar-refractivity contribution in [2.45, 2.75) is 24.9 Å². The Balaban J connectivity index is 2.08. The summed E-state index contributed by atoms with van der Waals surface area (Å²) in [4.78, 5) is 6.51. The number of ether oxygens (including phenoxy) is 1. The third-order valence-corrected chi connectivity index (χ3v) is 5.05. The Hall–Kier alpha value is -1.44. The molecule has 2 aliphatic rings. The van der Waals surface area contributed by atoms with E-state index in [1.165, 1.54) is 19.3 Å². The maximum Gasteiger partial charge on any atom is 0.140 e. The molecule has 3 atom stereocenters. The molecule has 1 saturated heterocycles. The van der Waals surface area contributed by atoms with Crippen LogP contribution in [0.25, 0.3) is 0 Å². The van der Waals surface area contributed by atoms with E-state index in [1.54, 1.807) is 6.20 Å². The third kappa shape index (κ3) is 1.93. The maximum atomic E-state index is 9.10. The lowest BCUT2D eigenvalue weighted by Crippen LogP contribution is -2.58. The van der Waals surface area contributed by atoms with Gasteiger partial charge >= 0.3 is 0 Å². The highest BCUT2D eigenvalue weighted by atomic mass is 16.5. The van der Waals surface area contributed by atoms with Gasteiger partial charge in [0.15, 0.2) is 0 Å². The zero-order valence-corrected chi connectivity index (χ0v) is 12.2. The van der Waals surface area contributed by atoms with E-state index in [0.29, 0.717) is 17.5 Å². The molecule has 1 saturated carbocycles. The molecule has 1 aliphatic heterocycles. The number of likely N-dealkylation sites (tertiary alicyclic amines) is 1. The first-order valence-corrected chi connectivity index (χ1v) is 7.31. The maximum absolute atomic E-state index is 9.10. The van der Waals surface area contributed by atoms with Gasteiger partial charge in [-0.2, -0.15) is 5.26 Å². The number of hydrogen-bond acceptors (Lipinski definition) is 4. The Morgan fingerprint density at radius 2 is 2.10 bits per heavy atom. The fourth-order valence-corrected chi connectivity index (χ4v) is 4.31. The molecule has 4 nitrogen and oxygen atoms in total. The van der Waals surface area contributed by atoms with Crippen molar-refractivity contribution in [3.63, 3.8) is 0 Å². The van der Waals surface area contributed by atoms with Crippen molar-refractivity contribution in [1.82, 2.24) is 9.88 Å². The molecule has 20 heavy (non-hydrogen) atoms. The SMILES string of the molecule is CO[C@]1(c2ccnc(C#N)c2)[C@@H]2CCC[C@H]1CN(C)C2. The normalized spacial score (nSPS) is 33.6. The van der Waals surface area contributed by atoms with Crippen LogP contribution in [-0.4, -0.2) is 37.1 Å². The lowest BCUT2D eigenvalue weighted by Gasteiger charge is -2.54. The van der Waals surface area contributed by atoms with Gasteiger partial charge in [-0.05, 0) is 37.6 Å². The van der Waals surface area contributed by atoms with E-state index >= 15 is 0 Å². The molecule has 1 aliphatic carbocycles. The van der Waals surface area contributed by atoms with Crippen LogP contribution in [0.3, 0.4) is 0 Å². The molecule has 1 aromatic rings. The Morgan fingerprint density at radius 1 is 1.40 bits per heavy atom. The van der Waals surface area contributed by atoms with Crippen LogP contribution in [0.1, 0.15) is 30.5 Å². The van der Waals surface area contributed by atoms with Crippen LogP contribution in [0.4, 0.5) is 0 Å². The predicted octanol–water partition coefficient (Wildman–Crippen LogP) is 2.16. The molecule has 0 unspecified atom stereocenters. The zero-order valence-electron chi connectivity index (χ0n) is 12.2.